The number of hydrogen-bond donors (Lipinski definition) is 2. The minimum absolute atomic E-state index is 0. The van der Waals surface area contributed by atoms with Crippen LogP contribution in [0, 0.1) is 6.92 Å². The molecule has 0 saturated carbocycles. The Morgan fingerprint density at radius 2 is 1.81 bits per heavy atom. The molecule has 0 fully saturated rings. The minimum Gasteiger partial charge on any atom is -0.507 e. The number of nitrogens with two attached hydrogens (primary N) is 1. The molecule has 84 valence electrons. The molecule has 0 aliphatic heterocycles. The average molecular weight is 236 g/mol. The van der Waals surface area contributed by atoms with Crippen molar-refractivity contribution in [1.82, 2.24) is 0 Å². The number of benzene rings is 2. The molecule has 2 rings (SSSR count). The van der Waals surface area contributed by atoms with E-state index < -0.39 is 0 Å². The molecule has 0 atom stereocenters. The molecule has 3 N–H and O–H groups in total. The second-order valence-corrected chi connectivity index (χ2v) is 3.65. The molecule has 3 heteroatoms. The molecule has 16 heavy (non-hydrogen) atoms. The maximum Gasteiger partial charge on any atom is 0.123 e. The quantitative estimate of drug-likeness (QED) is 0.588. The molecule has 2 nitrogen and oxygen atoms in total. The first-order chi connectivity index (χ1) is 7.16. The van der Waals surface area contributed by atoms with Gasteiger partial charge in [-0.3, -0.25) is 0 Å². The number of anilines is 1. The Morgan fingerprint density at radius 1 is 1.06 bits per heavy atom. The highest BCUT2D eigenvalue weighted by atomic mass is 35.5. The van der Waals surface area contributed by atoms with Crippen LogP contribution < -0.4 is 5.73 Å². The monoisotopic (exact) mass is 235 g/mol. The highest BCUT2D eigenvalue weighted by Crippen LogP contribution is 2.31. The van der Waals surface area contributed by atoms with Gasteiger partial charge in [-0.15, -0.1) is 12.4 Å². The van der Waals surface area contributed by atoms with Gasteiger partial charge in [0.15, 0.2) is 0 Å². The lowest BCUT2D eigenvalue weighted by Crippen LogP contribution is -1.86. The number of hydrogen-bond acceptors (Lipinski definition) is 2. The molecule has 0 amide bonds. The van der Waals surface area contributed by atoms with Crippen LogP contribution in [-0.2, 0) is 0 Å². The largest absolute Gasteiger partial charge is 0.507 e. The van der Waals surface area contributed by atoms with E-state index in [1.165, 1.54) is 0 Å². The van der Waals surface area contributed by atoms with Gasteiger partial charge in [-0.1, -0.05) is 29.8 Å². The molecule has 2 aromatic rings. The fraction of sp³-hybridized carbons (Fsp3) is 0.0769. The van der Waals surface area contributed by atoms with Gasteiger partial charge in [0, 0.05) is 11.3 Å². The predicted octanol–water partition coefficient (Wildman–Crippen LogP) is 3.37. The molecule has 0 bridgehead atoms. The third-order valence-corrected chi connectivity index (χ3v) is 2.35. The summed E-state index contributed by atoms with van der Waals surface area (Å²) in [6, 6.07) is 13.1. The first-order valence-electron chi connectivity index (χ1n) is 4.82. The van der Waals surface area contributed by atoms with Crippen LogP contribution in [0.5, 0.6) is 5.75 Å². The van der Waals surface area contributed by atoms with Crippen molar-refractivity contribution >= 4 is 18.1 Å². The summed E-state index contributed by atoms with van der Waals surface area (Å²) in [4.78, 5) is 0. The summed E-state index contributed by atoms with van der Waals surface area (Å²) < 4.78 is 0. The SMILES string of the molecule is Cc1cccc(-c2cc(N)ccc2O)c1.Cl. The van der Waals surface area contributed by atoms with Crippen molar-refractivity contribution in [2.75, 3.05) is 5.73 Å². The molecule has 0 aromatic heterocycles. The number of phenols is 1. The topological polar surface area (TPSA) is 46.2 Å². The Labute approximate surface area is 101 Å². The summed E-state index contributed by atoms with van der Waals surface area (Å²) in [5, 5.41) is 9.72. The summed E-state index contributed by atoms with van der Waals surface area (Å²) in [6.45, 7) is 2.02. The van der Waals surface area contributed by atoms with Gasteiger partial charge in [0.25, 0.3) is 0 Å². The Bertz CT molecular complexity index is 497. The second-order valence-electron chi connectivity index (χ2n) is 3.65. The average Bonchev–Trinajstić information content (AvgIpc) is 2.22. The van der Waals surface area contributed by atoms with Crippen molar-refractivity contribution in [3.63, 3.8) is 0 Å². The second kappa shape index (κ2) is 4.90. The van der Waals surface area contributed by atoms with E-state index >= 15 is 0 Å². The van der Waals surface area contributed by atoms with Crippen molar-refractivity contribution in [1.29, 1.82) is 0 Å². The Kier molecular flexibility index (Phi) is 3.80. The molecule has 0 radical (unpaired) electrons. The van der Waals surface area contributed by atoms with Crippen LogP contribution in [0.15, 0.2) is 42.5 Å². The molecule has 2 aromatic carbocycles. The van der Waals surface area contributed by atoms with Gasteiger partial charge in [0.1, 0.15) is 5.75 Å². The zero-order valence-electron chi connectivity index (χ0n) is 8.97. The Morgan fingerprint density at radius 3 is 2.50 bits per heavy atom. The van der Waals surface area contributed by atoms with E-state index in [4.69, 9.17) is 5.73 Å². The lowest BCUT2D eigenvalue weighted by atomic mass is 10.0. The van der Waals surface area contributed by atoms with Crippen LogP contribution in [0.1, 0.15) is 5.56 Å². The summed E-state index contributed by atoms with van der Waals surface area (Å²) in [5.41, 5.74) is 9.27. The molecule has 0 aliphatic carbocycles. The predicted molar refractivity (Wildman–Crippen MR) is 69.9 cm³/mol. The first kappa shape index (κ1) is 12.4. The summed E-state index contributed by atoms with van der Waals surface area (Å²) in [7, 11) is 0. The van der Waals surface area contributed by atoms with Crippen molar-refractivity contribution in [3.8, 4) is 16.9 Å². The smallest absolute Gasteiger partial charge is 0.123 e. The van der Waals surface area contributed by atoms with Crippen molar-refractivity contribution in [2.45, 2.75) is 6.92 Å². The Balaban J connectivity index is 0.00000128. The lowest BCUT2D eigenvalue weighted by molar-refractivity contribution is 0.477. The van der Waals surface area contributed by atoms with Gasteiger partial charge in [-0.25, -0.2) is 0 Å². The van der Waals surface area contributed by atoms with Crippen LogP contribution in [0.3, 0.4) is 0 Å². The number of phenolic OH excluding ortho intramolecular Hbond substituents is 1. The molecule has 0 unspecified atom stereocenters. The molecule has 0 heterocycles. The number of halogens is 1. The van der Waals surface area contributed by atoms with Crippen molar-refractivity contribution in [3.05, 3.63) is 48.0 Å². The van der Waals surface area contributed by atoms with Crippen molar-refractivity contribution < 1.29 is 5.11 Å². The molecular weight excluding hydrogens is 222 g/mol. The summed E-state index contributed by atoms with van der Waals surface area (Å²) in [5.74, 6) is 0.259. The maximum atomic E-state index is 9.72. The van der Waals surface area contributed by atoms with Gasteiger partial charge in [0.05, 0.1) is 0 Å². The summed E-state index contributed by atoms with van der Waals surface area (Å²) in [6.07, 6.45) is 0. The van der Waals surface area contributed by atoms with Crippen LogP contribution in [0.2, 0.25) is 0 Å². The van der Waals surface area contributed by atoms with E-state index in [0.29, 0.717) is 5.69 Å². The van der Waals surface area contributed by atoms with E-state index in [-0.39, 0.29) is 18.2 Å². The fourth-order valence-electron chi connectivity index (χ4n) is 1.60. The van der Waals surface area contributed by atoms with Crippen LogP contribution in [0.4, 0.5) is 5.69 Å². The van der Waals surface area contributed by atoms with Gasteiger partial charge in [-0.05, 0) is 30.7 Å². The fourth-order valence-corrected chi connectivity index (χ4v) is 1.60. The lowest BCUT2D eigenvalue weighted by Gasteiger charge is -2.06. The molecular formula is C13H14ClNO. The third-order valence-electron chi connectivity index (χ3n) is 2.35. The van der Waals surface area contributed by atoms with E-state index in [0.717, 1.165) is 16.7 Å². The van der Waals surface area contributed by atoms with E-state index in [1.807, 2.05) is 31.2 Å². The van der Waals surface area contributed by atoms with Crippen LogP contribution in [0.25, 0.3) is 11.1 Å². The summed E-state index contributed by atoms with van der Waals surface area (Å²) >= 11 is 0. The van der Waals surface area contributed by atoms with E-state index in [1.54, 1.807) is 18.2 Å². The number of aryl methyl sites for hydroxylation is 1. The highest BCUT2D eigenvalue weighted by Gasteiger charge is 2.04. The van der Waals surface area contributed by atoms with E-state index in [2.05, 4.69) is 0 Å². The zero-order valence-corrected chi connectivity index (χ0v) is 9.79. The van der Waals surface area contributed by atoms with Crippen LogP contribution >= 0.6 is 12.4 Å². The molecule has 0 saturated heterocycles. The Hall–Kier alpha value is -1.67. The molecule has 0 aliphatic rings. The highest BCUT2D eigenvalue weighted by molar-refractivity contribution is 5.85. The van der Waals surface area contributed by atoms with Gasteiger partial charge < -0.3 is 10.8 Å². The molecule has 0 spiro atoms. The van der Waals surface area contributed by atoms with Gasteiger partial charge >= 0.3 is 0 Å². The van der Waals surface area contributed by atoms with E-state index in [9.17, 15) is 5.11 Å². The maximum absolute atomic E-state index is 9.72. The standard InChI is InChI=1S/C13H13NO.ClH/c1-9-3-2-4-10(7-9)12-8-11(14)5-6-13(12)15;/h2-8,15H,14H2,1H3;1H. The number of rotatable bonds is 1. The van der Waals surface area contributed by atoms with Gasteiger partial charge in [-0.2, -0.15) is 0 Å². The number of nitrogen functional groups attached to an aromatic ring is 1. The van der Waals surface area contributed by atoms with Gasteiger partial charge in [0.2, 0.25) is 0 Å². The third kappa shape index (κ3) is 2.47. The zero-order chi connectivity index (χ0) is 10.8. The minimum atomic E-state index is 0. The first-order valence-corrected chi connectivity index (χ1v) is 4.82. The van der Waals surface area contributed by atoms with Crippen LogP contribution in [-0.4, -0.2) is 5.11 Å². The number of aromatic hydroxyl groups is 1. The normalized spacial score (nSPS) is 9.56. The van der Waals surface area contributed by atoms with Crippen molar-refractivity contribution in [2.24, 2.45) is 0 Å².